The van der Waals surface area contributed by atoms with Gasteiger partial charge in [0.2, 0.25) is 0 Å². The maximum atomic E-state index is 5.12. The van der Waals surface area contributed by atoms with Gasteiger partial charge in [-0.2, -0.15) is 0 Å². The molecule has 0 spiro atoms. The fraction of sp³-hybridized carbons (Fsp3) is 0.538. The molecule has 1 N–H and O–H groups in total. The maximum absolute atomic E-state index is 5.12. The second-order valence-corrected chi connectivity index (χ2v) is 3.81. The number of rotatable bonds is 7. The van der Waals surface area contributed by atoms with Crippen LogP contribution in [0, 0.1) is 0 Å². The first-order valence-electron chi connectivity index (χ1n) is 5.58. The monoisotopic (exact) mass is 207 g/mol. The Balaban J connectivity index is 2.36. The van der Waals surface area contributed by atoms with Crippen LogP contribution < -0.4 is 5.32 Å². The lowest BCUT2D eigenvalue weighted by Gasteiger charge is -2.04. The molecule has 0 radical (unpaired) electrons. The van der Waals surface area contributed by atoms with Crippen molar-refractivity contribution in [1.82, 2.24) is 5.32 Å². The molecule has 0 unspecified atom stereocenters. The zero-order chi connectivity index (χ0) is 10.9. The number of ether oxygens (including phenoxy) is 1. The lowest BCUT2D eigenvalue weighted by molar-refractivity contribution is 0.185. The summed E-state index contributed by atoms with van der Waals surface area (Å²) in [5, 5.41) is 3.17. The van der Waals surface area contributed by atoms with Crippen LogP contribution in [-0.2, 0) is 17.8 Å². The summed E-state index contributed by atoms with van der Waals surface area (Å²) in [5.41, 5.74) is 2.68. The van der Waals surface area contributed by atoms with Crippen molar-refractivity contribution in [3.8, 4) is 0 Å². The molecule has 0 aromatic heterocycles. The quantitative estimate of drug-likeness (QED) is 0.693. The van der Waals surface area contributed by atoms with Gasteiger partial charge in [0.05, 0.1) is 6.61 Å². The molecule has 1 aromatic carbocycles. The van der Waals surface area contributed by atoms with Crippen LogP contribution in [0.2, 0.25) is 0 Å². The predicted octanol–water partition coefficient (Wildman–Crippen LogP) is 2.38. The zero-order valence-corrected chi connectivity index (χ0v) is 9.75. The predicted molar refractivity (Wildman–Crippen MR) is 64.0 cm³/mol. The zero-order valence-electron chi connectivity index (χ0n) is 9.75. The summed E-state index contributed by atoms with van der Waals surface area (Å²) in [4.78, 5) is 0. The topological polar surface area (TPSA) is 21.3 Å². The van der Waals surface area contributed by atoms with Gasteiger partial charge in [-0.1, -0.05) is 24.3 Å². The Labute approximate surface area is 92.6 Å². The Kier molecular flexibility index (Phi) is 6.05. The van der Waals surface area contributed by atoms with E-state index in [9.17, 15) is 0 Å². The Bertz CT molecular complexity index is 273. The molecule has 0 bridgehead atoms. The maximum Gasteiger partial charge on any atom is 0.0713 e. The van der Waals surface area contributed by atoms with Crippen molar-refractivity contribution in [2.75, 3.05) is 20.7 Å². The summed E-state index contributed by atoms with van der Waals surface area (Å²) in [6.07, 6.45) is 3.65. The fourth-order valence-electron chi connectivity index (χ4n) is 1.67. The van der Waals surface area contributed by atoms with E-state index in [0.29, 0.717) is 6.61 Å². The van der Waals surface area contributed by atoms with Crippen LogP contribution in [0.15, 0.2) is 24.3 Å². The molecule has 0 heterocycles. The number of benzene rings is 1. The lowest BCUT2D eigenvalue weighted by atomic mass is 10.1. The summed E-state index contributed by atoms with van der Waals surface area (Å²) in [6, 6.07) is 8.66. The van der Waals surface area contributed by atoms with Gasteiger partial charge in [0.25, 0.3) is 0 Å². The van der Waals surface area contributed by atoms with Crippen molar-refractivity contribution in [2.24, 2.45) is 0 Å². The third kappa shape index (κ3) is 4.96. The van der Waals surface area contributed by atoms with Crippen LogP contribution >= 0.6 is 0 Å². The van der Waals surface area contributed by atoms with Crippen LogP contribution in [-0.4, -0.2) is 20.7 Å². The largest absolute Gasteiger partial charge is 0.380 e. The smallest absolute Gasteiger partial charge is 0.0713 e. The first kappa shape index (κ1) is 12.2. The second-order valence-electron chi connectivity index (χ2n) is 3.81. The van der Waals surface area contributed by atoms with E-state index in [2.05, 4.69) is 29.6 Å². The molecule has 2 heteroatoms. The summed E-state index contributed by atoms with van der Waals surface area (Å²) in [5.74, 6) is 0. The van der Waals surface area contributed by atoms with Crippen LogP contribution in [0.3, 0.4) is 0 Å². The molecule has 0 atom stereocenters. The van der Waals surface area contributed by atoms with Gasteiger partial charge >= 0.3 is 0 Å². The number of methoxy groups -OCH3 is 1. The van der Waals surface area contributed by atoms with E-state index in [1.54, 1.807) is 7.11 Å². The highest BCUT2D eigenvalue weighted by molar-refractivity contribution is 5.23. The lowest BCUT2D eigenvalue weighted by Crippen LogP contribution is -2.07. The van der Waals surface area contributed by atoms with E-state index in [1.807, 2.05) is 7.05 Å². The average molecular weight is 207 g/mol. The van der Waals surface area contributed by atoms with Crippen molar-refractivity contribution >= 4 is 0 Å². The third-order valence-electron chi connectivity index (χ3n) is 2.44. The van der Waals surface area contributed by atoms with Gasteiger partial charge in [-0.05, 0) is 44.0 Å². The van der Waals surface area contributed by atoms with E-state index in [0.717, 1.165) is 6.54 Å². The summed E-state index contributed by atoms with van der Waals surface area (Å²) in [6.45, 7) is 1.82. The van der Waals surface area contributed by atoms with Gasteiger partial charge in [0.1, 0.15) is 0 Å². The van der Waals surface area contributed by atoms with Gasteiger partial charge in [0, 0.05) is 7.11 Å². The minimum absolute atomic E-state index is 0.713. The molecule has 84 valence electrons. The number of hydrogen-bond acceptors (Lipinski definition) is 2. The van der Waals surface area contributed by atoms with Crippen LogP contribution in [0.25, 0.3) is 0 Å². The molecule has 1 aromatic rings. The van der Waals surface area contributed by atoms with E-state index < -0.39 is 0 Å². The standard InChI is InChI=1S/C13H21NO/c1-14-9-4-3-6-12-7-5-8-13(10-12)11-15-2/h5,7-8,10,14H,3-4,6,9,11H2,1-2H3. The van der Waals surface area contributed by atoms with Crippen molar-refractivity contribution < 1.29 is 4.74 Å². The number of nitrogens with one attached hydrogen (secondary N) is 1. The molecule has 0 saturated heterocycles. The van der Waals surface area contributed by atoms with Gasteiger partial charge in [0.15, 0.2) is 0 Å². The highest BCUT2D eigenvalue weighted by Crippen LogP contribution is 2.09. The molecule has 2 nitrogen and oxygen atoms in total. The minimum atomic E-state index is 0.713. The van der Waals surface area contributed by atoms with Gasteiger partial charge in [-0.3, -0.25) is 0 Å². The Hall–Kier alpha value is -0.860. The molecular weight excluding hydrogens is 186 g/mol. The normalized spacial score (nSPS) is 10.5. The third-order valence-corrected chi connectivity index (χ3v) is 2.44. The van der Waals surface area contributed by atoms with Crippen LogP contribution in [0.1, 0.15) is 24.0 Å². The molecule has 0 fully saturated rings. The second kappa shape index (κ2) is 7.43. The average Bonchev–Trinajstić information content (AvgIpc) is 2.26. The summed E-state index contributed by atoms with van der Waals surface area (Å²) in [7, 11) is 3.73. The van der Waals surface area contributed by atoms with Crippen molar-refractivity contribution in [3.05, 3.63) is 35.4 Å². The molecule has 0 amide bonds. The highest BCUT2D eigenvalue weighted by Gasteiger charge is 1.96. The number of hydrogen-bond donors (Lipinski definition) is 1. The SMILES string of the molecule is CNCCCCc1cccc(COC)c1. The highest BCUT2D eigenvalue weighted by atomic mass is 16.5. The van der Waals surface area contributed by atoms with Gasteiger partial charge in [-0.25, -0.2) is 0 Å². The van der Waals surface area contributed by atoms with E-state index >= 15 is 0 Å². The van der Waals surface area contributed by atoms with Crippen LogP contribution in [0.5, 0.6) is 0 Å². The number of aryl methyl sites for hydroxylation is 1. The Morgan fingerprint density at radius 1 is 1.20 bits per heavy atom. The molecule has 0 saturated carbocycles. The molecule has 0 aliphatic carbocycles. The Morgan fingerprint density at radius 2 is 2.00 bits per heavy atom. The van der Waals surface area contributed by atoms with Crippen molar-refractivity contribution in [1.29, 1.82) is 0 Å². The summed E-state index contributed by atoms with van der Waals surface area (Å²) < 4.78 is 5.12. The number of unbranched alkanes of at least 4 members (excludes halogenated alkanes) is 1. The fourth-order valence-corrected chi connectivity index (χ4v) is 1.67. The van der Waals surface area contributed by atoms with E-state index in [4.69, 9.17) is 4.74 Å². The Morgan fingerprint density at radius 3 is 2.73 bits per heavy atom. The van der Waals surface area contributed by atoms with E-state index in [-0.39, 0.29) is 0 Å². The molecule has 15 heavy (non-hydrogen) atoms. The summed E-state index contributed by atoms with van der Waals surface area (Å²) >= 11 is 0. The van der Waals surface area contributed by atoms with E-state index in [1.165, 1.54) is 30.4 Å². The van der Waals surface area contributed by atoms with Crippen molar-refractivity contribution in [2.45, 2.75) is 25.9 Å². The first-order valence-corrected chi connectivity index (χ1v) is 5.58. The molecule has 0 aliphatic heterocycles. The molecular formula is C13H21NO. The molecule has 0 aliphatic rings. The van der Waals surface area contributed by atoms with Gasteiger partial charge < -0.3 is 10.1 Å². The first-order chi connectivity index (χ1) is 7.36. The van der Waals surface area contributed by atoms with Crippen LogP contribution in [0.4, 0.5) is 0 Å². The molecule has 1 rings (SSSR count). The van der Waals surface area contributed by atoms with Crippen molar-refractivity contribution in [3.63, 3.8) is 0 Å². The minimum Gasteiger partial charge on any atom is -0.380 e. The van der Waals surface area contributed by atoms with Gasteiger partial charge in [-0.15, -0.1) is 0 Å².